The van der Waals surface area contributed by atoms with Gasteiger partial charge in [0.05, 0.1) is 4.90 Å². The highest BCUT2D eigenvalue weighted by molar-refractivity contribution is 7.89. The molecule has 1 heterocycles. The van der Waals surface area contributed by atoms with E-state index in [-0.39, 0.29) is 24.4 Å². The van der Waals surface area contributed by atoms with Crippen LogP contribution in [-0.4, -0.2) is 55.8 Å². The van der Waals surface area contributed by atoms with Crippen molar-refractivity contribution in [2.75, 3.05) is 26.2 Å². The lowest BCUT2D eigenvalue weighted by Gasteiger charge is -2.34. The minimum Gasteiger partial charge on any atom is -0.340 e. The lowest BCUT2D eigenvalue weighted by atomic mass is 10.2. The van der Waals surface area contributed by atoms with Gasteiger partial charge >= 0.3 is 0 Å². The maximum Gasteiger partial charge on any atom is 0.243 e. The molecule has 136 valence electrons. The van der Waals surface area contributed by atoms with Crippen LogP contribution >= 0.6 is 12.4 Å². The van der Waals surface area contributed by atoms with E-state index >= 15 is 0 Å². The fourth-order valence-electron chi connectivity index (χ4n) is 2.71. The van der Waals surface area contributed by atoms with Crippen LogP contribution in [0.15, 0.2) is 23.1 Å². The summed E-state index contributed by atoms with van der Waals surface area (Å²) in [5.74, 6) is -0.0104. The van der Waals surface area contributed by atoms with Crippen LogP contribution < -0.4 is 5.73 Å². The first kappa shape index (κ1) is 20.9. The average molecular weight is 376 g/mol. The van der Waals surface area contributed by atoms with Gasteiger partial charge in [0, 0.05) is 38.6 Å². The number of nitrogens with two attached hydrogens (primary N) is 1. The fourth-order valence-corrected chi connectivity index (χ4v) is 4.44. The molecule has 0 radical (unpaired) electrons. The van der Waals surface area contributed by atoms with E-state index < -0.39 is 10.0 Å². The molecule has 2 rings (SSSR count). The summed E-state index contributed by atoms with van der Waals surface area (Å²) < 4.78 is 27.1. The van der Waals surface area contributed by atoms with Crippen LogP contribution in [0.2, 0.25) is 0 Å². The summed E-state index contributed by atoms with van der Waals surface area (Å²) >= 11 is 0. The molecule has 0 aromatic heterocycles. The van der Waals surface area contributed by atoms with Gasteiger partial charge in [-0.3, -0.25) is 4.79 Å². The third-order valence-corrected chi connectivity index (χ3v) is 6.09. The van der Waals surface area contributed by atoms with E-state index in [2.05, 4.69) is 0 Å². The Morgan fingerprint density at radius 2 is 1.79 bits per heavy atom. The quantitative estimate of drug-likeness (QED) is 0.859. The highest BCUT2D eigenvalue weighted by Gasteiger charge is 2.31. The maximum atomic E-state index is 12.8. The second-order valence-electron chi connectivity index (χ2n) is 6.24. The van der Waals surface area contributed by atoms with Crippen LogP contribution in [0.4, 0.5) is 0 Å². The van der Waals surface area contributed by atoms with E-state index in [1.165, 1.54) is 4.31 Å². The number of benzene rings is 1. The molecule has 0 spiro atoms. The van der Waals surface area contributed by atoms with Gasteiger partial charge in [-0.2, -0.15) is 4.31 Å². The summed E-state index contributed by atoms with van der Waals surface area (Å²) in [5, 5.41) is 0. The van der Waals surface area contributed by atoms with Crippen LogP contribution in [0.1, 0.15) is 24.5 Å². The molecule has 6 nitrogen and oxygen atoms in total. The number of carbonyl (C=O) groups excluding carboxylic acids is 1. The topological polar surface area (TPSA) is 83.7 Å². The molecule has 1 aromatic carbocycles. The Morgan fingerprint density at radius 3 is 2.33 bits per heavy atom. The third kappa shape index (κ3) is 4.69. The van der Waals surface area contributed by atoms with E-state index in [0.717, 1.165) is 11.1 Å². The number of aryl methyl sites for hydroxylation is 2. The first-order valence-corrected chi connectivity index (χ1v) is 9.26. The van der Waals surface area contributed by atoms with Crippen LogP contribution in [0.25, 0.3) is 0 Å². The van der Waals surface area contributed by atoms with Crippen LogP contribution in [0, 0.1) is 13.8 Å². The van der Waals surface area contributed by atoms with Crippen molar-refractivity contribution < 1.29 is 13.2 Å². The first-order chi connectivity index (χ1) is 10.7. The molecular weight excluding hydrogens is 350 g/mol. The predicted molar refractivity (Wildman–Crippen MR) is 96.8 cm³/mol. The second-order valence-corrected chi connectivity index (χ2v) is 8.14. The third-order valence-electron chi connectivity index (χ3n) is 4.05. The molecule has 1 unspecified atom stereocenters. The monoisotopic (exact) mass is 375 g/mol. The SMILES string of the molecule is Cc1ccc(C)c(S(=O)(=O)N2CCN(C(=O)CC(C)N)CC2)c1.Cl. The van der Waals surface area contributed by atoms with E-state index in [0.29, 0.717) is 37.5 Å². The maximum absolute atomic E-state index is 12.8. The van der Waals surface area contributed by atoms with Crippen molar-refractivity contribution in [2.45, 2.75) is 38.1 Å². The lowest BCUT2D eigenvalue weighted by molar-refractivity contribution is -0.132. The average Bonchev–Trinajstić information content (AvgIpc) is 2.49. The number of piperazine rings is 1. The Morgan fingerprint density at radius 1 is 1.21 bits per heavy atom. The molecule has 1 aromatic rings. The second kappa shape index (κ2) is 8.29. The van der Waals surface area contributed by atoms with Crippen molar-refractivity contribution in [3.05, 3.63) is 29.3 Å². The zero-order valence-corrected chi connectivity index (χ0v) is 16.0. The van der Waals surface area contributed by atoms with Crippen molar-refractivity contribution >= 4 is 28.3 Å². The number of hydrogen-bond donors (Lipinski definition) is 1. The van der Waals surface area contributed by atoms with Gasteiger partial charge in [-0.05, 0) is 38.0 Å². The minimum absolute atomic E-state index is 0. The van der Waals surface area contributed by atoms with Gasteiger partial charge in [0.2, 0.25) is 15.9 Å². The van der Waals surface area contributed by atoms with E-state index in [4.69, 9.17) is 5.73 Å². The summed E-state index contributed by atoms with van der Waals surface area (Å²) in [4.78, 5) is 14.1. The van der Waals surface area contributed by atoms with Crippen molar-refractivity contribution in [2.24, 2.45) is 5.73 Å². The molecule has 8 heteroatoms. The van der Waals surface area contributed by atoms with Gasteiger partial charge in [-0.25, -0.2) is 8.42 Å². The number of sulfonamides is 1. The molecule has 1 atom stereocenters. The molecular formula is C16H26ClN3O3S. The molecule has 1 saturated heterocycles. The molecule has 1 fully saturated rings. The number of amides is 1. The van der Waals surface area contributed by atoms with E-state index in [1.807, 2.05) is 19.1 Å². The summed E-state index contributed by atoms with van der Waals surface area (Å²) in [6.07, 6.45) is 0.295. The zero-order valence-electron chi connectivity index (χ0n) is 14.4. The number of hydrogen-bond acceptors (Lipinski definition) is 4. The highest BCUT2D eigenvalue weighted by Crippen LogP contribution is 2.22. The standard InChI is InChI=1S/C16H25N3O3S.ClH/c1-12-4-5-13(2)15(10-12)23(21,22)19-8-6-18(7-9-19)16(20)11-14(3)17;/h4-5,10,14H,6-9,11,17H2,1-3H3;1H. The van der Waals surface area contributed by atoms with E-state index in [1.54, 1.807) is 24.8 Å². The van der Waals surface area contributed by atoms with Gasteiger partial charge in [0.25, 0.3) is 0 Å². The minimum atomic E-state index is -3.52. The molecule has 2 N–H and O–H groups in total. The van der Waals surface area contributed by atoms with Gasteiger partial charge in [0.1, 0.15) is 0 Å². The summed E-state index contributed by atoms with van der Waals surface area (Å²) in [7, 11) is -3.52. The van der Waals surface area contributed by atoms with E-state index in [9.17, 15) is 13.2 Å². The Labute approximate surface area is 150 Å². The van der Waals surface area contributed by atoms with Crippen molar-refractivity contribution in [1.82, 2.24) is 9.21 Å². The summed E-state index contributed by atoms with van der Waals surface area (Å²) in [5.41, 5.74) is 7.31. The van der Waals surface area contributed by atoms with Gasteiger partial charge in [-0.1, -0.05) is 12.1 Å². The molecule has 0 aliphatic carbocycles. The first-order valence-electron chi connectivity index (χ1n) is 7.82. The normalized spacial score (nSPS) is 17.2. The summed E-state index contributed by atoms with van der Waals surface area (Å²) in [6, 6.07) is 5.25. The Balaban J connectivity index is 0.00000288. The van der Waals surface area contributed by atoms with Crippen LogP contribution in [0.3, 0.4) is 0 Å². The number of halogens is 1. The molecule has 24 heavy (non-hydrogen) atoms. The van der Waals surface area contributed by atoms with Crippen LogP contribution in [-0.2, 0) is 14.8 Å². The molecule has 1 amide bonds. The number of nitrogens with zero attached hydrogens (tertiary/aromatic N) is 2. The van der Waals surface area contributed by atoms with Crippen molar-refractivity contribution in [3.8, 4) is 0 Å². The highest BCUT2D eigenvalue weighted by atomic mass is 35.5. The molecule has 0 bridgehead atoms. The Bertz CT molecular complexity index is 684. The fraction of sp³-hybridized carbons (Fsp3) is 0.562. The summed E-state index contributed by atoms with van der Waals surface area (Å²) in [6.45, 7) is 6.93. The largest absolute Gasteiger partial charge is 0.340 e. The van der Waals surface area contributed by atoms with Gasteiger partial charge in [0.15, 0.2) is 0 Å². The zero-order chi connectivity index (χ0) is 17.2. The van der Waals surface area contributed by atoms with Crippen molar-refractivity contribution in [3.63, 3.8) is 0 Å². The Hall–Kier alpha value is -1.15. The number of rotatable bonds is 4. The van der Waals surface area contributed by atoms with Crippen LogP contribution in [0.5, 0.6) is 0 Å². The van der Waals surface area contributed by atoms with Crippen molar-refractivity contribution in [1.29, 1.82) is 0 Å². The van der Waals surface area contributed by atoms with Gasteiger partial charge < -0.3 is 10.6 Å². The predicted octanol–water partition coefficient (Wildman–Crippen LogP) is 1.30. The Kier molecular flexibility index (Phi) is 7.22. The smallest absolute Gasteiger partial charge is 0.243 e. The number of carbonyl (C=O) groups is 1. The molecule has 1 aliphatic rings. The van der Waals surface area contributed by atoms with Gasteiger partial charge in [-0.15, -0.1) is 12.4 Å². The molecule has 1 aliphatic heterocycles. The molecule has 0 saturated carbocycles. The lowest BCUT2D eigenvalue weighted by Crippen LogP contribution is -2.51.